The van der Waals surface area contributed by atoms with Gasteiger partial charge in [0.05, 0.1) is 23.9 Å². The Balaban J connectivity index is 1.42. The van der Waals surface area contributed by atoms with Crippen molar-refractivity contribution in [2.24, 2.45) is 0 Å². The van der Waals surface area contributed by atoms with Gasteiger partial charge in [0.15, 0.2) is 0 Å². The number of hydrogen-bond donors (Lipinski definition) is 0. The van der Waals surface area contributed by atoms with Gasteiger partial charge in [-0.1, -0.05) is 72.3 Å². The molecule has 1 heterocycles. The lowest BCUT2D eigenvalue weighted by Crippen LogP contribution is -2.03. The Morgan fingerprint density at radius 3 is 2.14 bits per heavy atom. The van der Waals surface area contributed by atoms with Crippen LogP contribution in [0.5, 0.6) is 0 Å². The lowest BCUT2D eigenvalue weighted by atomic mass is 10.0. The van der Waals surface area contributed by atoms with Crippen molar-refractivity contribution in [3.63, 3.8) is 0 Å². The summed E-state index contributed by atoms with van der Waals surface area (Å²) in [5, 5.41) is 0.654. The number of aromatic nitrogens is 2. The lowest BCUT2D eigenvalue weighted by Gasteiger charge is -2.08. The van der Waals surface area contributed by atoms with E-state index in [4.69, 9.17) is 21.3 Å². The van der Waals surface area contributed by atoms with E-state index in [9.17, 15) is 18.0 Å². The molecule has 0 aliphatic carbocycles. The second kappa shape index (κ2) is 12.1. The summed E-state index contributed by atoms with van der Waals surface area (Å²) in [6.45, 7) is 2.51. The zero-order chi connectivity index (χ0) is 29.9. The maximum Gasteiger partial charge on any atom is 0.416 e. The van der Waals surface area contributed by atoms with E-state index >= 15 is 0 Å². The Morgan fingerprint density at radius 2 is 1.55 bits per heavy atom. The van der Waals surface area contributed by atoms with Gasteiger partial charge in [-0.05, 0) is 77.2 Å². The average molecular weight is 587 g/mol. The van der Waals surface area contributed by atoms with Gasteiger partial charge >= 0.3 is 12.1 Å². The van der Waals surface area contributed by atoms with E-state index < -0.39 is 17.7 Å². The van der Waals surface area contributed by atoms with E-state index in [1.165, 1.54) is 19.2 Å². The van der Waals surface area contributed by atoms with Crippen LogP contribution in [0.15, 0.2) is 97.2 Å². The molecule has 5 rings (SSSR count). The smallest absolute Gasteiger partial charge is 0.416 e. The van der Waals surface area contributed by atoms with Crippen molar-refractivity contribution in [1.82, 2.24) is 9.55 Å². The highest BCUT2D eigenvalue weighted by Gasteiger charge is 2.29. The molecular weight excluding hydrogens is 561 g/mol. The van der Waals surface area contributed by atoms with Crippen molar-refractivity contribution in [2.75, 3.05) is 7.11 Å². The van der Waals surface area contributed by atoms with E-state index in [1.807, 2.05) is 84.4 Å². The summed E-state index contributed by atoms with van der Waals surface area (Å²) in [4.78, 5) is 16.7. The second-order valence-electron chi connectivity index (χ2n) is 9.79. The Labute approximate surface area is 246 Å². The molecule has 0 aliphatic heterocycles. The van der Waals surface area contributed by atoms with Gasteiger partial charge in [0, 0.05) is 23.3 Å². The number of carbonyl (C=O) groups is 1. The van der Waals surface area contributed by atoms with Crippen LogP contribution in [0.1, 0.15) is 38.4 Å². The topological polar surface area (TPSA) is 44.1 Å². The molecule has 0 amide bonds. The molecule has 1 aromatic heterocycles. The monoisotopic (exact) mass is 586 g/mol. The second-order valence-corrected chi connectivity index (χ2v) is 10.2. The zero-order valence-corrected chi connectivity index (χ0v) is 23.6. The van der Waals surface area contributed by atoms with Crippen molar-refractivity contribution < 1.29 is 22.7 Å². The number of carbonyl (C=O) groups excluding carboxylic acids is 1. The van der Waals surface area contributed by atoms with Crippen LogP contribution >= 0.6 is 11.6 Å². The number of benzene rings is 4. The molecule has 42 heavy (non-hydrogen) atoms. The predicted octanol–water partition coefficient (Wildman–Crippen LogP) is 9.20. The number of methoxy groups -OCH3 is 1. The molecule has 5 aromatic rings. The standard InChI is InChI=1S/C34H26ClF3N2O2/c1-22-19-29(35)16-17-30(22)31-21-40(20-24-5-10-27(11-6-24)33(41)42-2)32(39-31)18-7-23-3-8-25(9-4-23)26-12-14-28(15-13-26)34(36,37)38/h3-19,21H,20H2,1-2H3/b18-7+. The Morgan fingerprint density at radius 1 is 0.905 bits per heavy atom. The number of imidazole rings is 1. The summed E-state index contributed by atoms with van der Waals surface area (Å²) in [7, 11) is 1.35. The number of nitrogens with zero attached hydrogens (tertiary/aromatic N) is 2. The first-order chi connectivity index (χ1) is 20.1. The summed E-state index contributed by atoms with van der Waals surface area (Å²) in [5.74, 6) is 0.334. The van der Waals surface area contributed by atoms with E-state index in [-0.39, 0.29) is 0 Å². The van der Waals surface area contributed by atoms with Crippen molar-refractivity contribution in [1.29, 1.82) is 0 Å². The number of alkyl halides is 3. The van der Waals surface area contributed by atoms with Gasteiger partial charge < -0.3 is 9.30 Å². The number of esters is 1. The van der Waals surface area contributed by atoms with Crippen molar-refractivity contribution in [3.8, 4) is 22.4 Å². The van der Waals surface area contributed by atoms with Gasteiger partial charge in [-0.25, -0.2) is 9.78 Å². The highest BCUT2D eigenvalue weighted by molar-refractivity contribution is 6.30. The maximum atomic E-state index is 12.9. The average Bonchev–Trinajstić information content (AvgIpc) is 3.37. The quantitative estimate of drug-likeness (QED) is 0.179. The fourth-order valence-corrected chi connectivity index (χ4v) is 4.83. The fraction of sp³-hybridized carbons (Fsp3) is 0.118. The summed E-state index contributed by atoms with van der Waals surface area (Å²) in [5.41, 5.74) is 5.99. The Hall–Kier alpha value is -4.62. The van der Waals surface area contributed by atoms with E-state index in [2.05, 4.69) is 0 Å². The molecule has 0 unspecified atom stereocenters. The number of hydrogen-bond acceptors (Lipinski definition) is 3. The van der Waals surface area contributed by atoms with Gasteiger partial charge in [0.25, 0.3) is 0 Å². The first-order valence-corrected chi connectivity index (χ1v) is 13.5. The molecular formula is C34H26ClF3N2O2. The third-order valence-corrected chi connectivity index (χ3v) is 7.12. The van der Waals surface area contributed by atoms with Crippen molar-refractivity contribution in [2.45, 2.75) is 19.6 Å². The predicted molar refractivity (Wildman–Crippen MR) is 160 cm³/mol. The first-order valence-electron chi connectivity index (χ1n) is 13.1. The Kier molecular flexibility index (Phi) is 8.31. The van der Waals surface area contributed by atoms with Crippen molar-refractivity contribution >= 4 is 29.7 Å². The highest BCUT2D eigenvalue weighted by atomic mass is 35.5. The molecule has 4 nitrogen and oxygen atoms in total. The molecule has 0 fully saturated rings. The van der Waals surface area contributed by atoms with Gasteiger partial charge in [0.2, 0.25) is 0 Å². The summed E-state index contributed by atoms with van der Waals surface area (Å²) >= 11 is 6.17. The van der Waals surface area contributed by atoms with Crippen LogP contribution in [0.2, 0.25) is 5.02 Å². The fourth-order valence-electron chi connectivity index (χ4n) is 4.60. The molecule has 0 atom stereocenters. The van der Waals surface area contributed by atoms with Gasteiger partial charge in [-0.2, -0.15) is 13.2 Å². The highest BCUT2D eigenvalue weighted by Crippen LogP contribution is 2.31. The van der Waals surface area contributed by atoms with Crippen LogP contribution in [-0.4, -0.2) is 22.6 Å². The zero-order valence-electron chi connectivity index (χ0n) is 22.8. The molecule has 0 bridgehead atoms. The summed E-state index contributed by atoms with van der Waals surface area (Å²) in [6, 6.07) is 25.6. The Bertz CT molecular complexity index is 1740. The molecule has 4 aromatic carbocycles. The molecule has 0 saturated carbocycles. The SMILES string of the molecule is COC(=O)c1ccc(Cn2cc(-c3ccc(Cl)cc3C)nc2/C=C/c2ccc(-c3ccc(C(F)(F)F)cc3)cc2)cc1. The molecule has 0 N–H and O–H groups in total. The lowest BCUT2D eigenvalue weighted by molar-refractivity contribution is -0.137. The van der Waals surface area contributed by atoms with Crippen LogP contribution in [0.3, 0.4) is 0 Å². The van der Waals surface area contributed by atoms with E-state index in [0.717, 1.165) is 51.5 Å². The maximum absolute atomic E-state index is 12.9. The minimum absolute atomic E-state index is 0.391. The number of rotatable bonds is 7. The minimum atomic E-state index is -4.36. The molecule has 8 heteroatoms. The summed E-state index contributed by atoms with van der Waals surface area (Å²) < 4.78 is 45.5. The van der Waals surface area contributed by atoms with Crippen LogP contribution < -0.4 is 0 Å². The van der Waals surface area contributed by atoms with Crippen LogP contribution in [0, 0.1) is 6.92 Å². The van der Waals surface area contributed by atoms with Gasteiger partial charge in [0.1, 0.15) is 5.82 Å². The minimum Gasteiger partial charge on any atom is -0.465 e. The van der Waals surface area contributed by atoms with Gasteiger partial charge in [-0.3, -0.25) is 0 Å². The normalized spacial score (nSPS) is 11.7. The molecule has 212 valence electrons. The first kappa shape index (κ1) is 28.9. The number of ether oxygens (including phenoxy) is 1. The van der Waals surface area contributed by atoms with Gasteiger partial charge in [-0.15, -0.1) is 0 Å². The third kappa shape index (κ3) is 6.64. The van der Waals surface area contributed by atoms with Crippen molar-refractivity contribution in [3.05, 3.63) is 136 Å². The number of aryl methyl sites for hydroxylation is 1. The van der Waals surface area contributed by atoms with Crippen LogP contribution in [0.4, 0.5) is 13.2 Å². The summed E-state index contributed by atoms with van der Waals surface area (Å²) in [6.07, 6.45) is 1.48. The van der Waals surface area contributed by atoms with E-state index in [0.29, 0.717) is 22.7 Å². The van der Waals surface area contributed by atoms with Crippen LogP contribution in [0.25, 0.3) is 34.5 Å². The molecule has 0 spiro atoms. The molecule has 0 aliphatic rings. The number of halogens is 4. The molecule has 0 radical (unpaired) electrons. The third-order valence-electron chi connectivity index (χ3n) is 6.88. The largest absolute Gasteiger partial charge is 0.465 e. The van der Waals surface area contributed by atoms with E-state index in [1.54, 1.807) is 12.1 Å². The molecule has 0 saturated heterocycles. The van der Waals surface area contributed by atoms with Crippen LogP contribution in [-0.2, 0) is 17.5 Å².